The first kappa shape index (κ1) is 17.9. The number of benzene rings is 2. The third-order valence-electron chi connectivity index (χ3n) is 3.62. The zero-order chi connectivity index (χ0) is 18.7. The fraction of sp³-hybridized carbons (Fsp3) is 0.118. The second-order valence-electron chi connectivity index (χ2n) is 5.38. The highest BCUT2D eigenvalue weighted by Gasteiger charge is 2.30. The summed E-state index contributed by atoms with van der Waals surface area (Å²) in [6.07, 6.45) is -4.47. The molecule has 0 saturated carbocycles. The molecule has 1 aromatic heterocycles. The number of aromatic amines is 1. The Balaban J connectivity index is 1.86. The maximum Gasteiger partial charge on any atom is 0.416 e. The van der Waals surface area contributed by atoms with Crippen LogP contribution in [0.3, 0.4) is 0 Å². The van der Waals surface area contributed by atoms with Gasteiger partial charge in [0.15, 0.2) is 10.6 Å². The largest absolute Gasteiger partial charge is 0.416 e. The molecule has 1 heterocycles. The third kappa shape index (κ3) is 3.83. The number of alkyl halides is 3. The van der Waals surface area contributed by atoms with E-state index in [2.05, 4.69) is 15.5 Å². The second-order valence-corrected chi connectivity index (χ2v) is 5.76. The molecular weight excluding hydrogens is 365 g/mol. The first-order valence-corrected chi connectivity index (χ1v) is 7.94. The fourth-order valence-electron chi connectivity index (χ4n) is 2.39. The van der Waals surface area contributed by atoms with E-state index >= 15 is 0 Å². The van der Waals surface area contributed by atoms with Gasteiger partial charge in [-0.05, 0) is 42.5 Å². The number of hydrogen-bond acceptors (Lipinski definition) is 3. The Kier molecular flexibility index (Phi) is 4.90. The molecule has 0 atom stereocenters. The average Bonchev–Trinajstić information content (AvgIpc) is 3.00. The quantitative estimate of drug-likeness (QED) is 0.678. The van der Waals surface area contributed by atoms with E-state index in [0.717, 1.165) is 12.1 Å². The van der Waals surface area contributed by atoms with Crippen LogP contribution in [0, 0.1) is 4.77 Å². The van der Waals surface area contributed by atoms with Gasteiger partial charge in [0.1, 0.15) is 0 Å². The van der Waals surface area contributed by atoms with Crippen LogP contribution in [-0.2, 0) is 12.7 Å². The van der Waals surface area contributed by atoms with Crippen LogP contribution >= 0.6 is 12.2 Å². The van der Waals surface area contributed by atoms with Crippen LogP contribution in [0.4, 0.5) is 13.2 Å². The summed E-state index contributed by atoms with van der Waals surface area (Å²) in [4.78, 5) is 12.1. The van der Waals surface area contributed by atoms with Crippen molar-refractivity contribution in [3.8, 4) is 5.69 Å². The van der Waals surface area contributed by atoms with E-state index in [0.29, 0.717) is 11.4 Å². The van der Waals surface area contributed by atoms with Crippen LogP contribution in [0.25, 0.3) is 5.69 Å². The van der Waals surface area contributed by atoms with Gasteiger partial charge in [0.2, 0.25) is 0 Å². The zero-order valence-electron chi connectivity index (χ0n) is 13.2. The summed E-state index contributed by atoms with van der Waals surface area (Å²) in [5.74, 6) is -0.0336. The molecular formula is C17H13F3N4OS. The van der Waals surface area contributed by atoms with Crippen LogP contribution < -0.4 is 5.32 Å². The molecule has 0 spiro atoms. The predicted octanol–water partition coefficient (Wildman–Crippen LogP) is 3.88. The molecule has 2 aromatic carbocycles. The molecule has 0 unspecified atom stereocenters. The normalized spacial score (nSPS) is 11.3. The van der Waals surface area contributed by atoms with E-state index in [9.17, 15) is 18.0 Å². The Labute approximate surface area is 151 Å². The van der Waals surface area contributed by atoms with Crippen LogP contribution in [0.1, 0.15) is 21.7 Å². The lowest BCUT2D eigenvalue weighted by Gasteiger charge is -2.11. The van der Waals surface area contributed by atoms with Crippen molar-refractivity contribution in [2.45, 2.75) is 12.7 Å². The average molecular weight is 378 g/mol. The highest BCUT2D eigenvalue weighted by Crippen LogP contribution is 2.30. The number of hydrogen-bond donors (Lipinski definition) is 2. The standard InChI is InChI=1S/C17H13F3N4OS/c18-17(19,20)12-7-4-8-13(9-12)24-14(22-23-16(24)26)10-21-15(25)11-5-2-1-3-6-11/h1-9H,10H2,(H,21,25)(H,23,26). The van der Waals surface area contributed by atoms with E-state index < -0.39 is 11.7 Å². The van der Waals surface area contributed by atoms with Crippen LogP contribution in [0.2, 0.25) is 0 Å². The molecule has 0 aliphatic carbocycles. The number of carbonyl (C=O) groups is 1. The highest BCUT2D eigenvalue weighted by molar-refractivity contribution is 7.71. The van der Waals surface area contributed by atoms with Crippen molar-refractivity contribution in [2.75, 3.05) is 0 Å². The van der Waals surface area contributed by atoms with Crippen molar-refractivity contribution >= 4 is 18.1 Å². The number of rotatable bonds is 4. The predicted molar refractivity (Wildman–Crippen MR) is 91.4 cm³/mol. The molecule has 0 fully saturated rings. The molecule has 3 aromatic rings. The van der Waals surface area contributed by atoms with Crippen molar-refractivity contribution in [2.24, 2.45) is 0 Å². The minimum atomic E-state index is -4.47. The lowest BCUT2D eigenvalue weighted by molar-refractivity contribution is -0.137. The Morgan fingerprint density at radius 1 is 1.15 bits per heavy atom. The molecule has 5 nitrogen and oxygen atoms in total. The van der Waals surface area contributed by atoms with Crippen molar-refractivity contribution in [1.82, 2.24) is 20.1 Å². The minimum Gasteiger partial charge on any atom is -0.345 e. The van der Waals surface area contributed by atoms with Gasteiger partial charge in [-0.15, -0.1) is 0 Å². The molecule has 1 amide bonds. The van der Waals surface area contributed by atoms with E-state index in [1.807, 2.05) is 0 Å². The highest BCUT2D eigenvalue weighted by atomic mass is 32.1. The Bertz CT molecular complexity index is 979. The van der Waals surface area contributed by atoms with Crippen molar-refractivity contribution in [1.29, 1.82) is 0 Å². The number of nitrogens with one attached hydrogen (secondary N) is 2. The van der Waals surface area contributed by atoms with Gasteiger partial charge >= 0.3 is 6.18 Å². The molecule has 26 heavy (non-hydrogen) atoms. The number of H-pyrrole nitrogens is 1. The summed E-state index contributed by atoms with van der Waals surface area (Å²) in [6.45, 7) is -0.00286. The van der Waals surface area contributed by atoms with E-state index in [1.165, 1.54) is 16.7 Å². The van der Waals surface area contributed by atoms with Crippen molar-refractivity contribution in [3.05, 3.63) is 76.3 Å². The molecule has 0 bridgehead atoms. The summed E-state index contributed by atoms with van der Waals surface area (Å²) < 4.78 is 40.3. The topological polar surface area (TPSA) is 62.7 Å². The van der Waals surface area contributed by atoms with Gasteiger partial charge in [-0.25, -0.2) is 0 Å². The van der Waals surface area contributed by atoms with Crippen LogP contribution in [-0.4, -0.2) is 20.7 Å². The number of nitrogens with zero attached hydrogens (tertiary/aromatic N) is 2. The number of aromatic nitrogens is 3. The van der Waals surface area contributed by atoms with Gasteiger partial charge in [0, 0.05) is 5.56 Å². The zero-order valence-corrected chi connectivity index (χ0v) is 14.1. The monoisotopic (exact) mass is 378 g/mol. The van der Waals surface area contributed by atoms with Gasteiger partial charge in [0.05, 0.1) is 17.8 Å². The van der Waals surface area contributed by atoms with Gasteiger partial charge in [-0.1, -0.05) is 24.3 Å². The molecule has 3 rings (SSSR count). The molecule has 0 aliphatic rings. The first-order valence-electron chi connectivity index (χ1n) is 7.53. The summed E-state index contributed by atoms with van der Waals surface area (Å²) in [7, 11) is 0. The second kappa shape index (κ2) is 7.12. The van der Waals surface area contributed by atoms with Crippen LogP contribution in [0.5, 0.6) is 0 Å². The Morgan fingerprint density at radius 2 is 1.88 bits per heavy atom. The first-order chi connectivity index (χ1) is 12.4. The summed E-state index contributed by atoms with van der Waals surface area (Å²) in [6, 6.07) is 13.3. The number of carbonyl (C=O) groups excluding carboxylic acids is 1. The Morgan fingerprint density at radius 3 is 2.58 bits per heavy atom. The Hall–Kier alpha value is -2.94. The lowest BCUT2D eigenvalue weighted by atomic mass is 10.2. The maximum absolute atomic E-state index is 12.9. The minimum absolute atomic E-state index is 0.00286. The summed E-state index contributed by atoms with van der Waals surface area (Å²) in [5.41, 5.74) is -0.118. The lowest BCUT2D eigenvalue weighted by Crippen LogP contribution is -2.24. The maximum atomic E-state index is 12.9. The summed E-state index contributed by atoms with van der Waals surface area (Å²) in [5, 5.41) is 9.21. The van der Waals surface area contributed by atoms with Crippen molar-refractivity contribution in [3.63, 3.8) is 0 Å². The fourth-order valence-corrected chi connectivity index (χ4v) is 2.64. The third-order valence-corrected chi connectivity index (χ3v) is 3.89. The molecule has 2 N–H and O–H groups in total. The van der Waals surface area contributed by atoms with Crippen molar-refractivity contribution < 1.29 is 18.0 Å². The smallest absolute Gasteiger partial charge is 0.345 e. The molecule has 0 saturated heterocycles. The molecule has 134 valence electrons. The van der Waals surface area contributed by atoms with E-state index in [4.69, 9.17) is 12.2 Å². The molecule has 0 radical (unpaired) electrons. The SMILES string of the molecule is O=C(NCc1n[nH]c(=S)n1-c1cccc(C(F)(F)F)c1)c1ccccc1. The van der Waals surface area contributed by atoms with Crippen LogP contribution in [0.15, 0.2) is 54.6 Å². The van der Waals surface area contributed by atoms with Gasteiger partial charge in [0.25, 0.3) is 5.91 Å². The number of halogens is 3. The van der Waals surface area contributed by atoms with Gasteiger partial charge < -0.3 is 5.32 Å². The van der Waals surface area contributed by atoms with E-state index in [-0.39, 0.29) is 22.9 Å². The molecule has 0 aliphatic heterocycles. The summed E-state index contributed by atoms with van der Waals surface area (Å²) >= 11 is 5.12. The van der Waals surface area contributed by atoms with Gasteiger partial charge in [-0.2, -0.15) is 18.3 Å². The number of amides is 1. The molecule has 9 heteroatoms. The van der Waals surface area contributed by atoms with E-state index in [1.54, 1.807) is 30.3 Å². The van der Waals surface area contributed by atoms with Gasteiger partial charge in [-0.3, -0.25) is 14.5 Å².